The van der Waals surface area contributed by atoms with E-state index in [2.05, 4.69) is 70.6 Å². The molecule has 656 valence electrons. The molecule has 6 fully saturated rings. The van der Waals surface area contributed by atoms with E-state index in [1.54, 1.807) is 108 Å². The fraction of sp³-hybridized carbons (Fsp3) is 0.429. The van der Waals surface area contributed by atoms with Crippen LogP contribution in [0, 0.1) is 61.9 Å². The number of nitrogens with two attached hydrogens (primary N) is 1. The third-order valence-corrected chi connectivity index (χ3v) is 34.6. The lowest BCUT2D eigenvalue weighted by molar-refractivity contribution is -0.384. The lowest BCUT2D eigenvalue weighted by atomic mass is 9.55. The number of fused-ring (bicyclic) bond motifs is 15. The summed E-state index contributed by atoms with van der Waals surface area (Å²) in [5, 5.41) is 29.6. The number of nitro benzene ring substituents is 1. The quantitative estimate of drug-likeness (QED) is 0.00676. The molecule has 6 aromatic carbocycles. The average Bonchev–Trinajstić information content (AvgIpc) is 1.65. The molecule has 2 amide bonds. The van der Waals surface area contributed by atoms with Gasteiger partial charge in [0.2, 0.25) is 0 Å². The second kappa shape index (κ2) is 42.6. The van der Waals surface area contributed by atoms with Gasteiger partial charge in [0.05, 0.1) is 16.1 Å². The van der Waals surface area contributed by atoms with Gasteiger partial charge in [-0.1, -0.05) is 126 Å². The topological polar surface area (TPSA) is 293 Å². The van der Waals surface area contributed by atoms with Gasteiger partial charge in [-0.25, -0.2) is 38.9 Å². The zero-order valence-corrected chi connectivity index (χ0v) is 75.6. The Hall–Kier alpha value is -9.22. The second-order valence-corrected chi connectivity index (χ2v) is 41.9. The number of aromatic nitrogens is 3. The first-order chi connectivity index (χ1) is 60.8. The Kier molecular flexibility index (Phi) is 30.9. The van der Waals surface area contributed by atoms with Crippen LogP contribution >= 0.6 is 64.8 Å². The highest BCUT2D eigenvalue weighted by Gasteiger charge is 2.59. The lowest BCUT2D eigenvalue weighted by Crippen LogP contribution is -2.46. The molecule has 15 unspecified atom stereocenters. The van der Waals surface area contributed by atoms with E-state index in [0.29, 0.717) is 94.7 Å². The Bertz CT molecular complexity index is 5160. The number of carbonyl (C=O) groups excluding carboxylic acids is 5. The van der Waals surface area contributed by atoms with Crippen molar-refractivity contribution >= 4 is 101 Å². The van der Waals surface area contributed by atoms with Crippen molar-refractivity contribution in [3.63, 3.8) is 0 Å². The van der Waals surface area contributed by atoms with E-state index in [1.807, 2.05) is 121 Å². The smallest absolute Gasteiger partial charge is 0.508 e. The number of benzene rings is 6. The van der Waals surface area contributed by atoms with Crippen molar-refractivity contribution in [2.24, 2.45) is 57.5 Å². The van der Waals surface area contributed by atoms with Crippen LogP contribution in [-0.4, -0.2) is 110 Å². The van der Waals surface area contributed by atoms with Gasteiger partial charge in [0.25, 0.3) is 5.69 Å². The Labute approximate surface area is 755 Å². The number of nitrogens with zero attached hydrogens (tertiary/aromatic N) is 4. The minimum absolute atomic E-state index is 0.000196. The summed E-state index contributed by atoms with van der Waals surface area (Å²) in [4.78, 5) is 86.1. The van der Waals surface area contributed by atoms with Gasteiger partial charge in [0, 0.05) is 83.9 Å². The minimum Gasteiger partial charge on any atom is -0.508 e. The Balaban J connectivity index is 0.000000137. The zero-order valence-electron chi connectivity index (χ0n) is 70.7. The largest absolute Gasteiger partial charge is 0.514 e. The Morgan fingerprint density at radius 1 is 0.440 bits per heavy atom. The predicted molar refractivity (Wildman–Crippen MR) is 495 cm³/mol. The van der Waals surface area contributed by atoms with Crippen molar-refractivity contribution in [1.82, 2.24) is 25.6 Å². The molecule has 0 aliphatic heterocycles. The number of carbonyl (C=O) groups is 5. The van der Waals surface area contributed by atoms with E-state index in [1.165, 1.54) is 64.1 Å². The summed E-state index contributed by atoms with van der Waals surface area (Å²) < 4.78 is 34.6. The highest BCUT2D eigenvalue weighted by atomic mass is 33.1. The van der Waals surface area contributed by atoms with Crippen molar-refractivity contribution in [2.45, 2.75) is 187 Å². The van der Waals surface area contributed by atoms with Gasteiger partial charge in [-0.3, -0.25) is 10.1 Å². The van der Waals surface area contributed by atoms with Gasteiger partial charge in [0.1, 0.15) is 56.4 Å². The molecular weight excluding hydrogens is 1690 g/mol. The summed E-state index contributed by atoms with van der Waals surface area (Å²) in [5.74, 6) is 8.53. The summed E-state index contributed by atoms with van der Waals surface area (Å²) in [6.45, 7) is 8.83. The standard InChI is InChI=1S/C33H36N2O4S2.C32H31NO7.C26H32N2O3S2.C7H10N2S2/c1-33-17-16-26-25-13-11-24(38-31(36)22-7-3-2-4-8-22)21-23(25)10-12-27(26)28(33)14-15-29(33)39-32(37)35-19-20-40-41-30-9-5-6-18-34-30;1-32-18-17-26-25-14-12-24(38-30(34)20-5-3-2-4-6-20)19-21(25)7-13-27(26)28(32)15-16-29(32)40-31(35)39-23-10-8-22(9-11-23)33(36)37;1-26-12-11-20-19-8-6-18(29)16-17(19)5-7-21(20)22(26)9-10-23(26)31-25(30)28-14-15-32-33-24-4-2-3-13-27-24;8-4-6-10-11-7-3-1-2-5-9-7/h2-9,11,13,18,21,26-29H,10,12,14-17,19-20H2,1H3,(H,35,37);2-6,8-12,14,19,26-29H,7,13,15-18H2,1H3;2-4,6,8,13,16,20-23,29H,5,7,9-12,14-15H2,1H3,(H,28,30);1-3,5H,4,6,8H2. The van der Waals surface area contributed by atoms with Crippen LogP contribution in [0.15, 0.2) is 228 Å². The molecule has 6 saturated carbocycles. The normalized spacial score (nSPS) is 25.9. The molecule has 18 rings (SSSR count). The number of alkyl carbamates (subject to hydrolysis) is 2. The maximum atomic E-state index is 12.7. The molecule has 27 heteroatoms. The number of pyridine rings is 3. The van der Waals surface area contributed by atoms with Crippen LogP contribution in [-0.2, 0) is 33.5 Å². The number of ether oxygens (including phenoxy) is 6. The molecule has 3 aromatic heterocycles. The van der Waals surface area contributed by atoms with Crippen molar-refractivity contribution in [3.8, 4) is 23.0 Å². The molecular formula is C98H109N7O14S6. The molecule has 9 aliphatic rings. The van der Waals surface area contributed by atoms with Crippen LogP contribution in [0.2, 0.25) is 0 Å². The number of esters is 2. The number of nitrogens with one attached hydrogen (secondary N) is 2. The van der Waals surface area contributed by atoms with Gasteiger partial charge in [-0.15, -0.1) is 0 Å². The zero-order chi connectivity index (χ0) is 86.9. The van der Waals surface area contributed by atoms with Crippen LogP contribution in [0.1, 0.15) is 189 Å². The Morgan fingerprint density at radius 3 is 1.21 bits per heavy atom. The molecule has 0 radical (unpaired) electrons. The average molecular weight is 1800 g/mol. The van der Waals surface area contributed by atoms with E-state index < -0.39 is 11.1 Å². The van der Waals surface area contributed by atoms with Crippen molar-refractivity contribution in [2.75, 3.05) is 36.9 Å². The van der Waals surface area contributed by atoms with Crippen LogP contribution in [0.25, 0.3) is 0 Å². The molecule has 0 bridgehead atoms. The van der Waals surface area contributed by atoms with Crippen LogP contribution in [0.3, 0.4) is 0 Å². The van der Waals surface area contributed by atoms with Gasteiger partial charge < -0.3 is 49.9 Å². The van der Waals surface area contributed by atoms with E-state index in [0.717, 1.165) is 148 Å². The summed E-state index contributed by atoms with van der Waals surface area (Å²) in [5.41, 5.74) is 14.4. The number of aryl methyl sites for hydroxylation is 3. The maximum absolute atomic E-state index is 12.7. The van der Waals surface area contributed by atoms with Crippen LogP contribution in [0.5, 0.6) is 23.0 Å². The monoisotopic (exact) mass is 1800 g/mol. The molecule has 5 N–H and O–H groups in total. The van der Waals surface area contributed by atoms with Crippen molar-refractivity contribution in [1.29, 1.82) is 0 Å². The minimum atomic E-state index is -0.769. The predicted octanol–water partition coefficient (Wildman–Crippen LogP) is 22.9. The van der Waals surface area contributed by atoms with Gasteiger partial charge in [0.15, 0.2) is 0 Å². The van der Waals surface area contributed by atoms with Gasteiger partial charge >= 0.3 is 30.3 Å². The molecule has 0 saturated heterocycles. The first kappa shape index (κ1) is 90.6. The number of nitro groups is 1. The van der Waals surface area contributed by atoms with Crippen molar-refractivity contribution < 1.29 is 62.4 Å². The van der Waals surface area contributed by atoms with E-state index >= 15 is 0 Å². The number of phenols is 1. The summed E-state index contributed by atoms with van der Waals surface area (Å²) in [6.07, 6.45) is 22.3. The second-order valence-electron chi connectivity index (χ2n) is 34.6. The first-order valence-corrected chi connectivity index (χ1v) is 50.7. The maximum Gasteiger partial charge on any atom is 0.514 e. The Morgan fingerprint density at radius 2 is 0.816 bits per heavy atom. The molecule has 15 atom stereocenters. The molecule has 0 spiro atoms. The SMILES string of the molecule is CC12CCC3c4ccc(O)cc4CCC3C1CCC2OC(=O)NCCSSc1ccccn1.CC12CCC3c4ccc(OC(=O)c5ccccc5)cc4CCC3C1CCC2OC(=O)NCCSSc1ccccn1.CC12CCC3c4ccc(OC(=O)c5ccccc5)cc4CCC3C1CCC2OC(=O)Oc1ccc([N+](=O)[O-])cc1.NCCSSc1ccccn1. The van der Waals surface area contributed by atoms with Crippen LogP contribution in [0.4, 0.5) is 20.1 Å². The van der Waals surface area contributed by atoms with E-state index in [4.69, 9.17) is 34.2 Å². The molecule has 9 aliphatic carbocycles. The van der Waals surface area contributed by atoms with Gasteiger partial charge in [-0.2, -0.15) is 0 Å². The third-order valence-electron chi connectivity index (χ3n) is 27.7. The number of aromatic hydroxyl groups is 1. The molecule has 3 heterocycles. The van der Waals surface area contributed by atoms with E-state index in [9.17, 15) is 39.2 Å². The summed E-state index contributed by atoms with van der Waals surface area (Å²) in [7, 11) is 10.0. The highest BCUT2D eigenvalue weighted by Crippen LogP contribution is 2.65. The van der Waals surface area contributed by atoms with Crippen molar-refractivity contribution in [3.05, 3.63) is 267 Å². The van der Waals surface area contributed by atoms with Gasteiger partial charge in [-0.05, 0) is 344 Å². The fourth-order valence-electron chi connectivity index (χ4n) is 21.9. The number of non-ortho nitro benzene ring substituents is 1. The summed E-state index contributed by atoms with van der Waals surface area (Å²) >= 11 is 0. The number of phenolic OH excluding ortho intramolecular Hbond substituents is 1. The molecule has 9 aromatic rings. The number of amides is 2. The van der Waals surface area contributed by atoms with Crippen LogP contribution < -0.4 is 30.6 Å². The van der Waals surface area contributed by atoms with E-state index in [-0.39, 0.29) is 70.1 Å². The summed E-state index contributed by atoms with van der Waals surface area (Å²) in [6, 6.07) is 59.4. The lowest BCUT2D eigenvalue weighted by Gasteiger charge is -2.50. The molecule has 21 nitrogen and oxygen atoms in total. The fourth-order valence-corrected chi connectivity index (χ4v) is 27.2. The first-order valence-electron chi connectivity index (χ1n) is 43.8. The number of hydrogen-bond donors (Lipinski definition) is 4. The highest BCUT2D eigenvalue weighted by molar-refractivity contribution is 8.77. The third kappa shape index (κ3) is 22.1. The molecule has 125 heavy (non-hydrogen) atoms. The number of hydrogen-bond acceptors (Lipinski definition) is 24. The number of rotatable bonds is 23.